The van der Waals surface area contributed by atoms with Crippen molar-refractivity contribution in [2.45, 2.75) is 26.5 Å². The average molecular weight is 435 g/mol. The summed E-state index contributed by atoms with van der Waals surface area (Å²) < 4.78 is 17.9. The molecule has 3 heterocycles. The summed E-state index contributed by atoms with van der Waals surface area (Å²) in [6.45, 7) is 7.61. The molecule has 1 aromatic carbocycles. The van der Waals surface area contributed by atoms with Crippen molar-refractivity contribution in [2.24, 2.45) is 5.73 Å². The van der Waals surface area contributed by atoms with Crippen molar-refractivity contribution in [1.29, 1.82) is 0 Å². The van der Waals surface area contributed by atoms with E-state index >= 15 is 0 Å². The fourth-order valence-corrected chi connectivity index (χ4v) is 3.41. The third-order valence-electron chi connectivity index (χ3n) is 4.94. The number of rotatable bonds is 7. The number of aromatic nitrogens is 5. The van der Waals surface area contributed by atoms with E-state index in [1.54, 1.807) is 53.0 Å². The van der Waals surface area contributed by atoms with E-state index < -0.39 is 17.8 Å². The van der Waals surface area contributed by atoms with Gasteiger partial charge in [-0.05, 0) is 37.1 Å². The van der Waals surface area contributed by atoms with E-state index in [0.29, 0.717) is 23.3 Å². The van der Waals surface area contributed by atoms with Gasteiger partial charge in [0.1, 0.15) is 0 Å². The van der Waals surface area contributed by atoms with E-state index in [4.69, 9.17) is 5.73 Å². The number of anilines is 2. The number of carbonyl (C=O) groups is 1. The molecule has 0 bridgehead atoms. The van der Waals surface area contributed by atoms with Gasteiger partial charge in [-0.2, -0.15) is 10.1 Å². The molecule has 0 aliphatic heterocycles. The molecule has 1 atom stereocenters. The van der Waals surface area contributed by atoms with Crippen LogP contribution in [0.25, 0.3) is 22.3 Å². The first-order chi connectivity index (χ1) is 15.2. The molecule has 0 aliphatic rings. The number of aliphatic hydroxyl groups is 1. The molecular weight excluding hydrogens is 413 g/mol. The van der Waals surface area contributed by atoms with E-state index in [1.165, 1.54) is 0 Å². The van der Waals surface area contributed by atoms with Crippen molar-refractivity contribution in [3.05, 3.63) is 66.5 Å². The number of fused-ring (bicyclic) bond motifs is 1. The van der Waals surface area contributed by atoms with Crippen LogP contribution in [0.5, 0.6) is 0 Å². The van der Waals surface area contributed by atoms with E-state index in [9.17, 15) is 14.3 Å². The lowest BCUT2D eigenvalue weighted by atomic mass is 10.0. The highest BCUT2D eigenvalue weighted by Gasteiger charge is 2.16. The van der Waals surface area contributed by atoms with Crippen LogP contribution in [0.2, 0.25) is 0 Å². The van der Waals surface area contributed by atoms with Crippen LogP contribution in [0.15, 0.2) is 49.6 Å². The van der Waals surface area contributed by atoms with Crippen LogP contribution in [0.4, 0.5) is 16.0 Å². The van der Waals surface area contributed by atoms with E-state index in [2.05, 4.69) is 27.0 Å². The normalized spacial score (nSPS) is 12.1. The molecule has 32 heavy (non-hydrogen) atoms. The maximum Gasteiger partial charge on any atom is 0.248 e. The van der Waals surface area contributed by atoms with Gasteiger partial charge in [0.15, 0.2) is 11.6 Å². The standard InChI is InChI=1S/C22H22FN7O2/c1-12-9-30(19-5-4-15(6-17(12)19)14(3)20(24)32)21-18(23)8-25-22(28-21)27-16-7-26-29(11-16)10-13(2)31/h4-9,11,13,31H,3,10H2,1-2H3,(H2,24,32)(H,25,27,28). The smallest absolute Gasteiger partial charge is 0.248 e. The van der Waals surface area contributed by atoms with Crippen LogP contribution in [-0.2, 0) is 11.3 Å². The van der Waals surface area contributed by atoms with Crippen LogP contribution in [-0.4, -0.2) is 41.4 Å². The Morgan fingerprint density at radius 1 is 1.34 bits per heavy atom. The lowest BCUT2D eigenvalue weighted by Gasteiger charge is -2.09. The summed E-state index contributed by atoms with van der Waals surface area (Å²) in [4.78, 5) is 19.8. The van der Waals surface area contributed by atoms with Gasteiger partial charge in [0.2, 0.25) is 11.9 Å². The van der Waals surface area contributed by atoms with Crippen LogP contribution in [0.1, 0.15) is 18.1 Å². The first kappa shape index (κ1) is 21.2. The molecule has 0 saturated heterocycles. The van der Waals surface area contributed by atoms with Crippen molar-refractivity contribution < 1.29 is 14.3 Å². The Bertz CT molecular complexity index is 1340. The third-order valence-corrected chi connectivity index (χ3v) is 4.94. The predicted octanol–water partition coefficient (Wildman–Crippen LogP) is 2.69. The van der Waals surface area contributed by atoms with Crippen molar-refractivity contribution in [2.75, 3.05) is 5.32 Å². The first-order valence-electron chi connectivity index (χ1n) is 9.84. The SMILES string of the molecule is C=C(C(N)=O)c1ccc2c(c1)c(C)cn2-c1nc(Nc2cnn(CC(C)O)c2)ncc1F. The Morgan fingerprint density at radius 2 is 2.12 bits per heavy atom. The van der Waals surface area contributed by atoms with Gasteiger partial charge < -0.3 is 16.2 Å². The zero-order valence-electron chi connectivity index (χ0n) is 17.6. The topological polar surface area (TPSA) is 124 Å². The Balaban J connectivity index is 1.70. The number of hydrogen-bond donors (Lipinski definition) is 3. The minimum atomic E-state index is -0.601. The van der Waals surface area contributed by atoms with Crippen LogP contribution < -0.4 is 11.1 Å². The molecule has 0 fully saturated rings. The molecule has 9 nitrogen and oxygen atoms in total. The third kappa shape index (κ3) is 4.08. The number of benzene rings is 1. The number of aryl methyl sites for hydroxylation is 1. The zero-order valence-corrected chi connectivity index (χ0v) is 17.6. The largest absolute Gasteiger partial charge is 0.391 e. The van der Waals surface area contributed by atoms with Gasteiger partial charge >= 0.3 is 0 Å². The number of amides is 1. The van der Waals surface area contributed by atoms with Crippen LogP contribution in [0.3, 0.4) is 0 Å². The van der Waals surface area contributed by atoms with Gasteiger partial charge in [-0.15, -0.1) is 0 Å². The molecule has 0 saturated carbocycles. The monoisotopic (exact) mass is 435 g/mol. The molecule has 0 spiro atoms. The molecule has 0 aliphatic carbocycles. The van der Waals surface area contributed by atoms with Crippen LogP contribution >= 0.6 is 0 Å². The minimum Gasteiger partial charge on any atom is -0.391 e. The molecule has 4 aromatic rings. The van der Waals surface area contributed by atoms with Crippen molar-refractivity contribution in [3.8, 4) is 5.82 Å². The summed E-state index contributed by atoms with van der Waals surface area (Å²) in [6, 6.07) is 5.27. The quantitative estimate of drug-likeness (QED) is 0.384. The summed E-state index contributed by atoms with van der Waals surface area (Å²) >= 11 is 0. The molecule has 1 unspecified atom stereocenters. The van der Waals surface area contributed by atoms with Gasteiger partial charge in [-0.3, -0.25) is 14.0 Å². The summed E-state index contributed by atoms with van der Waals surface area (Å²) in [5, 5.41) is 17.4. The lowest BCUT2D eigenvalue weighted by Crippen LogP contribution is -2.11. The van der Waals surface area contributed by atoms with E-state index in [0.717, 1.165) is 17.1 Å². The fourth-order valence-electron chi connectivity index (χ4n) is 3.41. The number of carbonyl (C=O) groups excluding carboxylic acids is 1. The number of primary amides is 1. The van der Waals surface area contributed by atoms with Gasteiger partial charge in [0, 0.05) is 23.4 Å². The molecule has 4 N–H and O–H groups in total. The summed E-state index contributed by atoms with van der Waals surface area (Å²) in [5.41, 5.74) is 8.32. The number of hydrogen-bond acceptors (Lipinski definition) is 6. The summed E-state index contributed by atoms with van der Waals surface area (Å²) in [7, 11) is 0. The predicted molar refractivity (Wildman–Crippen MR) is 119 cm³/mol. The Hall–Kier alpha value is -4.05. The Morgan fingerprint density at radius 3 is 2.84 bits per heavy atom. The Labute approximate surface area is 183 Å². The maximum absolute atomic E-state index is 14.7. The summed E-state index contributed by atoms with van der Waals surface area (Å²) in [5.74, 6) is -0.937. The second-order valence-corrected chi connectivity index (χ2v) is 7.55. The second kappa shape index (κ2) is 8.23. The maximum atomic E-state index is 14.7. The molecule has 1 amide bonds. The first-order valence-corrected chi connectivity index (χ1v) is 9.84. The highest BCUT2D eigenvalue weighted by molar-refractivity contribution is 6.18. The molecule has 0 radical (unpaired) electrons. The minimum absolute atomic E-state index is 0.0680. The van der Waals surface area contributed by atoms with E-state index in [1.807, 2.05) is 6.92 Å². The number of nitrogens with one attached hydrogen (secondary N) is 1. The number of nitrogens with zero attached hydrogens (tertiary/aromatic N) is 5. The molecule has 4 rings (SSSR count). The number of nitrogens with two attached hydrogens (primary N) is 1. The summed E-state index contributed by atoms with van der Waals surface area (Å²) in [6.07, 6.45) is 5.58. The molecule has 10 heteroatoms. The highest BCUT2D eigenvalue weighted by atomic mass is 19.1. The van der Waals surface area contributed by atoms with Crippen molar-refractivity contribution in [3.63, 3.8) is 0 Å². The van der Waals surface area contributed by atoms with Crippen LogP contribution in [0, 0.1) is 12.7 Å². The molecule has 3 aromatic heterocycles. The second-order valence-electron chi connectivity index (χ2n) is 7.55. The highest BCUT2D eigenvalue weighted by Crippen LogP contribution is 2.28. The van der Waals surface area contributed by atoms with Gasteiger partial charge in [0.05, 0.1) is 36.2 Å². The van der Waals surface area contributed by atoms with E-state index in [-0.39, 0.29) is 17.3 Å². The lowest BCUT2D eigenvalue weighted by molar-refractivity contribution is -0.112. The Kier molecular flexibility index (Phi) is 5.45. The molecular formula is C22H22FN7O2. The van der Waals surface area contributed by atoms with Gasteiger partial charge in [-0.1, -0.05) is 12.6 Å². The zero-order chi connectivity index (χ0) is 23.0. The number of halogens is 1. The van der Waals surface area contributed by atoms with Crippen molar-refractivity contribution in [1.82, 2.24) is 24.3 Å². The van der Waals surface area contributed by atoms with Gasteiger partial charge in [-0.25, -0.2) is 9.37 Å². The number of aliphatic hydroxyl groups excluding tert-OH is 1. The van der Waals surface area contributed by atoms with Crippen molar-refractivity contribution >= 4 is 34.0 Å². The fraction of sp³-hybridized carbons (Fsp3) is 0.182. The average Bonchev–Trinajstić information content (AvgIpc) is 3.31. The van der Waals surface area contributed by atoms with Gasteiger partial charge in [0.25, 0.3) is 0 Å². The molecule has 164 valence electrons.